The fraction of sp³-hybridized carbons (Fsp3) is 0.562. The van der Waals surface area contributed by atoms with Gasteiger partial charge in [-0.3, -0.25) is 9.69 Å². The number of hydrogen-bond donors (Lipinski definition) is 2. The number of nitrogens with zero attached hydrogens (tertiary/aromatic N) is 1. The first-order valence-corrected chi connectivity index (χ1v) is 7.62. The van der Waals surface area contributed by atoms with E-state index in [2.05, 4.69) is 17.1 Å². The van der Waals surface area contributed by atoms with Gasteiger partial charge in [-0.05, 0) is 30.7 Å². The predicted octanol–water partition coefficient (Wildman–Crippen LogP) is 1.04. The Bertz CT molecular complexity index is 465. The number of aryl methyl sites for hydroxylation is 1. The van der Waals surface area contributed by atoms with Crippen molar-refractivity contribution < 1.29 is 9.53 Å². The SMILES string of the molecule is CCN1CCOC(CNC(=O)CCc2cccc(N)c2)C1. The molecule has 1 atom stereocenters. The topological polar surface area (TPSA) is 67.6 Å². The molecule has 0 aromatic heterocycles. The molecule has 1 unspecified atom stereocenters. The van der Waals surface area contributed by atoms with Crippen molar-refractivity contribution in [2.75, 3.05) is 38.5 Å². The first-order valence-electron chi connectivity index (χ1n) is 7.62. The van der Waals surface area contributed by atoms with E-state index in [1.54, 1.807) is 0 Å². The number of nitrogen functional groups attached to an aromatic ring is 1. The Hall–Kier alpha value is -1.59. The number of likely N-dealkylation sites (N-methyl/N-ethyl adjacent to an activating group) is 1. The van der Waals surface area contributed by atoms with Gasteiger partial charge in [-0.15, -0.1) is 0 Å². The van der Waals surface area contributed by atoms with E-state index in [0.29, 0.717) is 19.4 Å². The fourth-order valence-corrected chi connectivity index (χ4v) is 2.51. The average molecular weight is 291 g/mol. The molecule has 1 heterocycles. The predicted molar refractivity (Wildman–Crippen MR) is 84.0 cm³/mol. The summed E-state index contributed by atoms with van der Waals surface area (Å²) in [5.41, 5.74) is 7.56. The number of anilines is 1. The van der Waals surface area contributed by atoms with Crippen LogP contribution in [0, 0.1) is 0 Å². The summed E-state index contributed by atoms with van der Waals surface area (Å²) in [6, 6.07) is 7.67. The van der Waals surface area contributed by atoms with Gasteiger partial charge >= 0.3 is 0 Å². The van der Waals surface area contributed by atoms with Crippen molar-refractivity contribution >= 4 is 11.6 Å². The third kappa shape index (κ3) is 5.36. The van der Waals surface area contributed by atoms with Crippen LogP contribution in [0.1, 0.15) is 18.9 Å². The van der Waals surface area contributed by atoms with Crippen LogP contribution in [-0.4, -0.2) is 49.7 Å². The molecular formula is C16H25N3O2. The number of rotatable bonds is 6. The van der Waals surface area contributed by atoms with Crippen LogP contribution >= 0.6 is 0 Å². The molecule has 5 heteroatoms. The Morgan fingerprint density at radius 3 is 3.14 bits per heavy atom. The van der Waals surface area contributed by atoms with Crippen LogP contribution < -0.4 is 11.1 Å². The van der Waals surface area contributed by atoms with E-state index in [-0.39, 0.29) is 12.0 Å². The number of carbonyl (C=O) groups is 1. The number of ether oxygens (including phenoxy) is 1. The maximum absolute atomic E-state index is 11.9. The van der Waals surface area contributed by atoms with Crippen molar-refractivity contribution in [2.45, 2.75) is 25.9 Å². The highest BCUT2D eigenvalue weighted by Gasteiger charge is 2.19. The Morgan fingerprint density at radius 1 is 1.52 bits per heavy atom. The first kappa shape index (κ1) is 15.8. The molecule has 3 N–H and O–H groups in total. The molecule has 1 aromatic rings. The minimum atomic E-state index is 0.0645. The van der Waals surface area contributed by atoms with Gasteiger partial charge in [-0.1, -0.05) is 19.1 Å². The van der Waals surface area contributed by atoms with Gasteiger partial charge in [0.15, 0.2) is 0 Å². The number of hydrogen-bond acceptors (Lipinski definition) is 4. The second kappa shape index (κ2) is 8.00. The minimum absolute atomic E-state index is 0.0645. The van der Waals surface area contributed by atoms with Crippen LogP contribution in [0.2, 0.25) is 0 Å². The quantitative estimate of drug-likeness (QED) is 0.769. The molecule has 1 amide bonds. The summed E-state index contributed by atoms with van der Waals surface area (Å²) >= 11 is 0. The smallest absolute Gasteiger partial charge is 0.220 e. The third-order valence-electron chi connectivity index (χ3n) is 3.79. The zero-order valence-corrected chi connectivity index (χ0v) is 12.7. The molecule has 116 valence electrons. The molecule has 1 aliphatic heterocycles. The molecule has 2 rings (SSSR count). The third-order valence-corrected chi connectivity index (χ3v) is 3.79. The molecule has 0 saturated carbocycles. The highest BCUT2D eigenvalue weighted by molar-refractivity contribution is 5.76. The van der Waals surface area contributed by atoms with Gasteiger partial charge in [0, 0.05) is 31.7 Å². The zero-order valence-electron chi connectivity index (χ0n) is 12.7. The van der Waals surface area contributed by atoms with E-state index < -0.39 is 0 Å². The molecule has 0 spiro atoms. The van der Waals surface area contributed by atoms with Crippen LogP contribution in [0.15, 0.2) is 24.3 Å². The van der Waals surface area contributed by atoms with Crippen LogP contribution in [0.5, 0.6) is 0 Å². The Labute approximate surface area is 126 Å². The van der Waals surface area contributed by atoms with Crippen LogP contribution in [0.3, 0.4) is 0 Å². The lowest BCUT2D eigenvalue weighted by Crippen LogP contribution is -2.47. The molecule has 5 nitrogen and oxygen atoms in total. The molecule has 21 heavy (non-hydrogen) atoms. The lowest BCUT2D eigenvalue weighted by molar-refractivity contribution is -0.122. The van der Waals surface area contributed by atoms with Gasteiger partial charge in [-0.2, -0.15) is 0 Å². The highest BCUT2D eigenvalue weighted by atomic mass is 16.5. The molecule has 1 aliphatic rings. The van der Waals surface area contributed by atoms with Crippen molar-refractivity contribution in [2.24, 2.45) is 0 Å². The molecule has 1 saturated heterocycles. The van der Waals surface area contributed by atoms with Gasteiger partial charge in [0.2, 0.25) is 5.91 Å². The Morgan fingerprint density at radius 2 is 2.38 bits per heavy atom. The van der Waals surface area contributed by atoms with Crippen molar-refractivity contribution in [1.29, 1.82) is 0 Å². The second-order valence-electron chi connectivity index (χ2n) is 5.44. The summed E-state index contributed by atoms with van der Waals surface area (Å²) in [6.45, 7) is 6.39. The first-order chi connectivity index (χ1) is 10.2. The summed E-state index contributed by atoms with van der Waals surface area (Å²) in [7, 11) is 0. The van der Waals surface area contributed by atoms with Gasteiger partial charge < -0.3 is 15.8 Å². The molecule has 0 radical (unpaired) electrons. The van der Waals surface area contributed by atoms with E-state index in [0.717, 1.165) is 37.5 Å². The zero-order chi connectivity index (χ0) is 15.1. The largest absolute Gasteiger partial charge is 0.399 e. The Kier molecular flexibility index (Phi) is 6.02. The van der Waals surface area contributed by atoms with Gasteiger partial charge in [-0.25, -0.2) is 0 Å². The summed E-state index contributed by atoms with van der Waals surface area (Å²) in [5.74, 6) is 0.0645. The monoisotopic (exact) mass is 291 g/mol. The Balaban J connectivity index is 1.67. The lowest BCUT2D eigenvalue weighted by atomic mass is 10.1. The van der Waals surface area contributed by atoms with E-state index in [1.165, 1.54) is 0 Å². The van der Waals surface area contributed by atoms with Crippen molar-refractivity contribution in [3.8, 4) is 0 Å². The number of nitrogens with one attached hydrogen (secondary N) is 1. The molecule has 0 aliphatic carbocycles. The number of amides is 1. The maximum atomic E-state index is 11.9. The number of nitrogens with two attached hydrogens (primary N) is 1. The van der Waals surface area contributed by atoms with E-state index in [1.807, 2.05) is 24.3 Å². The fourth-order valence-electron chi connectivity index (χ4n) is 2.51. The number of morpholine rings is 1. The summed E-state index contributed by atoms with van der Waals surface area (Å²) in [4.78, 5) is 14.2. The summed E-state index contributed by atoms with van der Waals surface area (Å²) in [5, 5.41) is 2.96. The maximum Gasteiger partial charge on any atom is 0.220 e. The number of carbonyl (C=O) groups excluding carboxylic acids is 1. The summed E-state index contributed by atoms with van der Waals surface area (Å²) < 4.78 is 5.67. The second-order valence-corrected chi connectivity index (χ2v) is 5.44. The van der Waals surface area contributed by atoms with E-state index in [9.17, 15) is 4.79 Å². The standard InChI is InChI=1S/C16H25N3O2/c1-2-19-8-9-21-15(12-19)11-18-16(20)7-6-13-4-3-5-14(17)10-13/h3-5,10,15H,2,6-9,11-12,17H2,1H3,(H,18,20). The lowest BCUT2D eigenvalue weighted by Gasteiger charge is -2.32. The van der Waals surface area contributed by atoms with Crippen molar-refractivity contribution in [3.63, 3.8) is 0 Å². The number of benzene rings is 1. The van der Waals surface area contributed by atoms with Gasteiger partial charge in [0.25, 0.3) is 0 Å². The minimum Gasteiger partial charge on any atom is -0.399 e. The molecule has 1 fully saturated rings. The van der Waals surface area contributed by atoms with Crippen LogP contribution in [0.25, 0.3) is 0 Å². The molecule has 1 aromatic carbocycles. The van der Waals surface area contributed by atoms with E-state index in [4.69, 9.17) is 10.5 Å². The van der Waals surface area contributed by atoms with Crippen molar-refractivity contribution in [3.05, 3.63) is 29.8 Å². The summed E-state index contributed by atoms with van der Waals surface area (Å²) in [6.07, 6.45) is 1.30. The van der Waals surface area contributed by atoms with Crippen LogP contribution in [-0.2, 0) is 16.0 Å². The normalized spacial score (nSPS) is 19.4. The molecule has 0 bridgehead atoms. The van der Waals surface area contributed by atoms with Gasteiger partial charge in [0.1, 0.15) is 0 Å². The van der Waals surface area contributed by atoms with Crippen LogP contribution in [0.4, 0.5) is 5.69 Å². The van der Waals surface area contributed by atoms with Crippen molar-refractivity contribution in [1.82, 2.24) is 10.2 Å². The van der Waals surface area contributed by atoms with E-state index >= 15 is 0 Å². The highest BCUT2D eigenvalue weighted by Crippen LogP contribution is 2.09. The van der Waals surface area contributed by atoms with Gasteiger partial charge in [0.05, 0.1) is 12.7 Å². The molecular weight excluding hydrogens is 266 g/mol. The average Bonchev–Trinajstić information content (AvgIpc) is 2.51.